The van der Waals surface area contributed by atoms with Crippen molar-refractivity contribution < 1.29 is 0 Å². The topological polar surface area (TPSA) is 34.6 Å². The second kappa shape index (κ2) is 4.61. The van der Waals surface area contributed by atoms with E-state index in [0.29, 0.717) is 0 Å². The fraction of sp³-hybridized carbons (Fsp3) is 0.167. The number of rotatable bonds is 3. The lowest BCUT2D eigenvalue weighted by atomic mass is 10.5. The number of hydrogen-bond donors (Lipinski definition) is 0. The molecule has 0 aliphatic heterocycles. The van der Waals surface area contributed by atoms with Crippen LogP contribution in [0.3, 0.4) is 0 Å². The molecule has 0 saturated carbocycles. The van der Waals surface area contributed by atoms with E-state index in [4.69, 9.17) is 0 Å². The highest BCUT2D eigenvalue weighted by Gasteiger charge is 1.91. The first kappa shape index (κ1) is 10.4. The van der Waals surface area contributed by atoms with E-state index < -0.39 is 0 Å². The first-order chi connectivity index (χ1) is 7.77. The van der Waals surface area contributed by atoms with Crippen LogP contribution in [0.25, 0.3) is 0 Å². The summed E-state index contributed by atoms with van der Waals surface area (Å²) in [7, 11) is 3.95. The predicted octanol–water partition coefficient (Wildman–Crippen LogP) is 1.82. The zero-order chi connectivity index (χ0) is 11.4. The highest BCUT2D eigenvalue weighted by atomic mass is 15.2. The Kier molecular flexibility index (Phi) is 3.00. The second-order valence-electron chi connectivity index (χ2n) is 3.58. The van der Waals surface area contributed by atoms with Gasteiger partial charge in [0.1, 0.15) is 0 Å². The van der Waals surface area contributed by atoms with Crippen molar-refractivity contribution >= 4 is 12.4 Å². The summed E-state index contributed by atoms with van der Waals surface area (Å²) in [6.07, 6.45) is 7.42. The van der Waals surface area contributed by atoms with Crippen LogP contribution in [0.4, 0.5) is 0 Å². The third kappa shape index (κ3) is 2.28. The van der Waals surface area contributed by atoms with Crippen LogP contribution in [0, 0.1) is 0 Å². The molecule has 0 fully saturated rings. The summed E-state index contributed by atoms with van der Waals surface area (Å²) in [4.78, 5) is 0. The van der Waals surface area contributed by atoms with Gasteiger partial charge in [-0.05, 0) is 24.3 Å². The van der Waals surface area contributed by atoms with Gasteiger partial charge in [0.05, 0.1) is 23.8 Å². The largest absolute Gasteiger partial charge is 0.350 e. The quantitative estimate of drug-likeness (QED) is 0.552. The summed E-state index contributed by atoms with van der Waals surface area (Å²) in [6.45, 7) is 0. The average Bonchev–Trinajstić information content (AvgIpc) is 2.84. The lowest BCUT2D eigenvalue weighted by Gasteiger charge is -1.94. The first-order valence-electron chi connectivity index (χ1n) is 5.06. The van der Waals surface area contributed by atoms with Crippen LogP contribution in [0.2, 0.25) is 0 Å². The van der Waals surface area contributed by atoms with Crippen LogP contribution in [-0.4, -0.2) is 21.6 Å². The van der Waals surface area contributed by atoms with Crippen molar-refractivity contribution in [1.29, 1.82) is 0 Å². The van der Waals surface area contributed by atoms with Crippen LogP contribution in [0.1, 0.15) is 11.4 Å². The average molecular weight is 214 g/mol. The van der Waals surface area contributed by atoms with Gasteiger partial charge in [0.25, 0.3) is 0 Å². The molecule has 0 saturated heterocycles. The Hall–Kier alpha value is -2.10. The minimum absolute atomic E-state index is 1.03. The molecule has 2 aromatic rings. The van der Waals surface area contributed by atoms with Crippen LogP contribution < -0.4 is 0 Å². The summed E-state index contributed by atoms with van der Waals surface area (Å²) in [5, 5.41) is 8.00. The maximum Gasteiger partial charge on any atom is 0.0732 e. The molecule has 0 aliphatic rings. The van der Waals surface area contributed by atoms with E-state index in [1.54, 1.807) is 12.4 Å². The zero-order valence-electron chi connectivity index (χ0n) is 9.41. The van der Waals surface area contributed by atoms with E-state index >= 15 is 0 Å². The van der Waals surface area contributed by atoms with E-state index in [-0.39, 0.29) is 0 Å². The van der Waals surface area contributed by atoms with Gasteiger partial charge in [-0.3, -0.25) is 0 Å². The highest BCUT2D eigenvalue weighted by Crippen LogP contribution is 1.97. The van der Waals surface area contributed by atoms with Crippen LogP contribution >= 0.6 is 0 Å². The molecular weight excluding hydrogens is 200 g/mol. The van der Waals surface area contributed by atoms with E-state index in [1.807, 2.05) is 59.9 Å². The molecule has 0 atom stereocenters. The van der Waals surface area contributed by atoms with E-state index in [2.05, 4.69) is 10.2 Å². The fourth-order valence-electron chi connectivity index (χ4n) is 1.40. The highest BCUT2D eigenvalue weighted by molar-refractivity contribution is 5.80. The standard InChI is InChI=1S/C12H14N4/c1-15-7-3-5-11(15)9-13-14-10-12-6-4-8-16(12)2/h3-10H,1-2H3. The molecule has 0 aromatic carbocycles. The van der Waals surface area contributed by atoms with Crippen LogP contribution in [0.15, 0.2) is 46.9 Å². The maximum absolute atomic E-state index is 4.00. The summed E-state index contributed by atoms with van der Waals surface area (Å²) in [5.41, 5.74) is 2.06. The third-order valence-electron chi connectivity index (χ3n) is 2.41. The molecule has 0 bridgehead atoms. The van der Waals surface area contributed by atoms with Crippen molar-refractivity contribution in [3.05, 3.63) is 48.0 Å². The maximum atomic E-state index is 4.00. The summed E-state index contributed by atoms with van der Waals surface area (Å²) in [6, 6.07) is 7.92. The summed E-state index contributed by atoms with van der Waals surface area (Å²) in [5.74, 6) is 0. The van der Waals surface area contributed by atoms with E-state index in [9.17, 15) is 0 Å². The SMILES string of the molecule is Cn1cccc1C=NN=Cc1cccn1C. The van der Waals surface area contributed by atoms with Gasteiger partial charge >= 0.3 is 0 Å². The molecule has 0 unspecified atom stereocenters. The Morgan fingerprint density at radius 2 is 1.31 bits per heavy atom. The molecule has 4 heteroatoms. The van der Waals surface area contributed by atoms with E-state index in [1.165, 1.54) is 0 Å². The Bertz CT molecular complexity index is 468. The Morgan fingerprint density at radius 1 is 0.875 bits per heavy atom. The lowest BCUT2D eigenvalue weighted by Crippen LogP contribution is -1.93. The summed E-state index contributed by atoms with van der Waals surface area (Å²) >= 11 is 0. The van der Waals surface area contributed by atoms with E-state index in [0.717, 1.165) is 11.4 Å². The third-order valence-corrected chi connectivity index (χ3v) is 2.41. The van der Waals surface area contributed by atoms with Crippen molar-refractivity contribution in [2.24, 2.45) is 24.3 Å². The number of aromatic nitrogens is 2. The predicted molar refractivity (Wildman–Crippen MR) is 66.0 cm³/mol. The van der Waals surface area contributed by atoms with Gasteiger partial charge in [0, 0.05) is 26.5 Å². The second-order valence-corrected chi connectivity index (χ2v) is 3.58. The molecule has 2 heterocycles. The number of nitrogens with zero attached hydrogens (tertiary/aromatic N) is 4. The number of hydrogen-bond acceptors (Lipinski definition) is 2. The van der Waals surface area contributed by atoms with Crippen molar-refractivity contribution in [2.75, 3.05) is 0 Å². The van der Waals surface area contributed by atoms with Crippen LogP contribution in [0.5, 0.6) is 0 Å². The smallest absolute Gasteiger partial charge is 0.0732 e. The Balaban J connectivity index is 2.03. The molecule has 16 heavy (non-hydrogen) atoms. The molecule has 0 aliphatic carbocycles. The minimum Gasteiger partial charge on any atom is -0.350 e. The normalized spacial score (nSPS) is 11.9. The molecule has 4 nitrogen and oxygen atoms in total. The van der Waals surface area contributed by atoms with Gasteiger partial charge in [-0.1, -0.05) is 0 Å². The molecule has 82 valence electrons. The van der Waals surface area contributed by atoms with Gasteiger partial charge in [0.2, 0.25) is 0 Å². The summed E-state index contributed by atoms with van der Waals surface area (Å²) < 4.78 is 3.98. The minimum atomic E-state index is 1.03. The van der Waals surface area contributed by atoms with Crippen LogP contribution in [-0.2, 0) is 14.1 Å². The van der Waals surface area contributed by atoms with Crippen molar-refractivity contribution in [1.82, 2.24) is 9.13 Å². The fourth-order valence-corrected chi connectivity index (χ4v) is 1.40. The molecule has 0 radical (unpaired) electrons. The molecule has 2 aromatic heterocycles. The molecular formula is C12H14N4. The number of aryl methyl sites for hydroxylation is 2. The van der Waals surface area contributed by atoms with Crippen molar-refractivity contribution in [3.63, 3.8) is 0 Å². The lowest BCUT2D eigenvalue weighted by molar-refractivity contribution is 0.914. The van der Waals surface area contributed by atoms with Crippen molar-refractivity contribution in [2.45, 2.75) is 0 Å². The first-order valence-corrected chi connectivity index (χ1v) is 5.06. The molecule has 0 N–H and O–H groups in total. The molecule has 0 amide bonds. The van der Waals surface area contributed by atoms with Gasteiger partial charge in [-0.25, -0.2) is 0 Å². The van der Waals surface area contributed by atoms with Gasteiger partial charge in [-0.15, -0.1) is 0 Å². The zero-order valence-corrected chi connectivity index (χ0v) is 9.41. The Morgan fingerprint density at radius 3 is 1.62 bits per heavy atom. The monoisotopic (exact) mass is 214 g/mol. The van der Waals surface area contributed by atoms with Gasteiger partial charge in [0.15, 0.2) is 0 Å². The van der Waals surface area contributed by atoms with Gasteiger partial charge in [-0.2, -0.15) is 10.2 Å². The van der Waals surface area contributed by atoms with Crippen molar-refractivity contribution in [3.8, 4) is 0 Å². The van der Waals surface area contributed by atoms with Gasteiger partial charge < -0.3 is 9.13 Å². The Labute approximate surface area is 94.5 Å². The molecule has 0 spiro atoms. The molecule has 2 rings (SSSR count).